The summed E-state index contributed by atoms with van der Waals surface area (Å²) in [6.07, 6.45) is -5.30. The first-order chi connectivity index (χ1) is 13.5. The lowest BCUT2D eigenvalue weighted by Crippen LogP contribution is -2.42. The van der Waals surface area contributed by atoms with Crippen LogP contribution in [0, 0.1) is 0 Å². The standard InChI is InChI=1S/C19H14Cl3F3N2O2/c1-11(28)27(22)10-12-2-4-13(5-3-12)17-9-18(29-26-17,19(23,24)25)14-6-15(20)8-16(21)7-14/h2-8H,9-10H2,1H3. The van der Waals surface area contributed by atoms with Crippen LogP contribution in [0.3, 0.4) is 0 Å². The highest BCUT2D eigenvalue weighted by molar-refractivity contribution is 6.34. The molecule has 4 nitrogen and oxygen atoms in total. The second-order valence-corrected chi connectivity index (χ2v) is 7.81. The number of amides is 1. The van der Waals surface area contributed by atoms with Gasteiger partial charge in [-0.05, 0) is 29.3 Å². The number of nitrogens with zero attached hydrogens (tertiary/aromatic N) is 2. The van der Waals surface area contributed by atoms with Gasteiger partial charge in [0.25, 0.3) is 5.60 Å². The van der Waals surface area contributed by atoms with Crippen molar-refractivity contribution in [2.75, 3.05) is 0 Å². The van der Waals surface area contributed by atoms with Gasteiger partial charge < -0.3 is 4.84 Å². The van der Waals surface area contributed by atoms with Crippen LogP contribution in [0.1, 0.15) is 30.0 Å². The van der Waals surface area contributed by atoms with Crippen molar-refractivity contribution in [3.63, 3.8) is 0 Å². The van der Waals surface area contributed by atoms with Crippen molar-refractivity contribution < 1.29 is 22.8 Å². The molecule has 10 heteroatoms. The van der Waals surface area contributed by atoms with E-state index in [2.05, 4.69) is 5.16 Å². The Kier molecular flexibility index (Phi) is 6.03. The van der Waals surface area contributed by atoms with Crippen molar-refractivity contribution in [3.8, 4) is 0 Å². The minimum atomic E-state index is -4.76. The molecule has 0 spiro atoms. The molecule has 3 rings (SSSR count). The van der Waals surface area contributed by atoms with E-state index < -0.39 is 18.2 Å². The quantitative estimate of drug-likeness (QED) is 0.514. The van der Waals surface area contributed by atoms with Gasteiger partial charge in [0.1, 0.15) is 0 Å². The van der Waals surface area contributed by atoms with E-state index in [-0.39, 0.29) is 33.8 Å². The molecule has 154 valence electrons. The van der Waals surface area contributed by atoms with E-state index in [1.165, 1.54) is 25.1 Å². The summed E-state index contributed by atoms with van der Waals surface area (Å²) in [6.45, 7) is 1.48. The maximum absolute atomic E-state index is 14.0. The number of hydrogen-bond acceptors (Lipinski definition) is 3. The third kappa shape index (κ3) is 4.47. The summed E-state index contributed by atoms with van der Waals surface area (Å²) in [7, 11) is 0. The minimum absolute atomic E-state index is 0.0635. The third-order valence-corrected chi connectivity index (χ3v) is 5.26. The normalized spacial score (nSPS) is 18.9. The lowest BCUT2D eigenvalue weighted by atomic mass is 9.86. The van der Waals surface area contributed by atoms with E-state index in [0.29, 0.717) is 11.1 Å². The van der Waals surface area contributed by atoms with E-state index >= 15 is 0 Å². The summed E-state index contributed by atoms with van der Waals surface area (Å²) in [5.74, 6) is -0.320. The van der Waals surface area contributed by atoms with E-state index in [9.17, 15) is 18.0 Å². The summed E-state index contributed by atoms with van der Waals surface area (Å²) in [5.41, 5.74) is -1.62. The maximum atomic E-state index is 14.0. The Morgan fingerprint density at radius 2 is 1.76 bits per heavy atom. The van der Waals surface area contributed by atoms with Gasteiger partial charge in [-0.1, -0.05) is 52.6 Å². The van der Waals surface area contributed by atoms with Gasteiger partial charge in [0.05, 0.1) is 12.3 Å². The van der Waals surface area contributed by atoms with Gasteiger partial charge in [-0.3, -0.25) is 9.21 Å². The molecule has 0 aliphatic carbocycles. The average molecular weight is 466 g/mol. The van der Waals surface area contributed by atoms with Crippen molar-refractivity contribution in [2.45, 2.75) is 31.7 Å². The monoisotopic (exact) mass is 464 g/mol. The highest BCUT2D eigenvalue weighted by Crippen LogP contribution is 2.49. The second-order valence-electron chi connectivity index (χ2n) is 6.53. The average Bonchev–Trinajstić information content (AvgIpc) is 3.08. The van der Waals surface area contributed by atoms with Crippen molar-refractivity contribution >= 4 is 46.6 Å². The molecule has 1 heterocycles. The molecule has 1 atom stereocenters. The smallest absolute Gasteiger partial charge is 0.374 e. The molecule has 0 saturated carbocycles. The van der Waals surface area contributed by atoms with Crippen LogP contribution in [-0.4, -0.2) is 22.2 Å². The number of carbonyl (C=O) groups excluding carboxylic acids is 1. The van der Waals surface area contributed by atoms with Crippen LogP contribution in [0.4, 0.5) is 13.2 Å². The summed E-state index contributed by atoms with van der Waals surface area (Å²) >= 11 is 17.6. The first-order valence-corrected chi connectivity index (χ1v) is 9.43. The summed E-state index contributed by atoms with van der Waals surface area (Å²) in [6, 6.07) is 10.2. The van der Waals surface area contributed by atoms with Crippen LogP contribution in [0.15, 0.2) is 47.6 Å². The molecule has 0 bridgehead atoms. The Balaban J connectivity index is 1.88. The van der Waals surface area contributed by atoms with Crippen LogP contribution >= 0.6 is 35.0 Å². The number of alkyl halides is 3. The van der Waals surface area contributed by atoms with Crippen molar-refractivity contribution in [3.05, 3.63) is 69.2 Å². The summed E-state index contributed by atoms with van der Waals surface area (Å²) < 4.78 is 43.0. The first-order valence-electron chi connectivity index (χ1n) is 8.33. The maximum Gasteiger partial charge on any atom is 0.435 e. The van der Waals surface area contributed by atoms with E-state index in [4.69, 9.17) is 39.8 Å². The van der Waals surface area contributed by atoms with Gasteiger partial charge in [-0.2, -0.15) is 13.2 Å². The SMILES string of the molecule is CC(=O)N(Cl)Cc1ccc(C2=NOC(c3cc(Cl)cc(Cl)c3)(C(F)(F)F)C2)cc1. The zero-order chi connectivity index (χ0) is 21.4. The molecule has 0 radical (unpaired) electrons. The molecule has 2 aromatic rings. The lowest BCUT2D eigenvalue weighted by molar-refractivity contribution is -0.275. The number of rotatable bonds is 4. The van der Waals surface area contributed by atoms with Crippen LogP contribution in [0.5, 0.6) is 0 Å². The van der Waals surface area contributed by atoms with Crippen molar-refractivity contribution in [2.24, 2.45) is 5.16 Å². The Morgan fingerprint density at radius 3 is 2.28 bits per heavy atom. The molecular formula is C19H14Cl3F3N2O2. The minimum Gasteiger partial charge on any atom is -0.374 e. The molecule has 2 aromatic carbocycles. The van der Waals surface area contributed by atoms with Crippen LogP contribution < -0.4 is 0 Å². The topological polar surface area (TPSA) is 41.9 Å². The molecule has 0 fully saturated rings. The fourth-order valence-electron chi connectivity index (χ4n) is 2.92. The zero-order valence-corrected chi connectivity index (χ0v) is 17.2. The Labute approximate surface area is 179 Å². The van der Waals surface area contributed by atoms with E-state index in [1.54, 1.807) is 24.3 Å². The Morgan fingerprint density at radius 1 is 1.17 bits per heavy atom. The fourth-order valence-corrected chi connectivity index (χ4v) is 3.58. The largest absolute Gasteiger partial charge is 0.435 e. The summed E-state index contributed by atoms with van der Waals surface area (Å²) in [5, 5.41) is 3.83. The predicted molar refractivity (Wildman–Crippen MR) is 105 cm³/mol. The van der Waals surface area contributed by atoms with Crippen LogP contribution in [0.25, 0.3) is 0 Å². The number of benzene rings is 2. The zero-order valence-electron chi connectivity index (χ0n) is 14.9. The van der Waals surface area contributed by atoms with Gasteiger partial charge >= 0.3 is 6.18 Å². The molecule has 1 unspecified atom stereocenters. The Bertz CT molecular complexity index is 944. The van der Waals surface area contributed by atoms with E-state index in [1.807, 2.05) is 0 Å². The van der Waals surface area contributed by atoms with Gasteiger partial charge in [0.15, 0.2) is 0 Å². The molecule has 0 saturated heterocycles. The number of halogens is 6. The van der Waals surface area contributed by atoms with Crippen molar-refractivity contribution in [1.82, 2.24) is 4.42 Å². The molecule has 1 aliphatic heterocycles. The van der Waals surface area contributed by atoms with Gasteiger partial charge in [-0.15, -0.1) is 0 Å². The molecule has 1 aliphatic rings. The van der Waals surface area contributed by atoms with Gasteiger partial charge in [-0.25, -0.2) is 0 Å². The molecule has 29 heavy (non-hydrogen) atoms. The predicted octanol–water partition coefficient (Wildman–Crippen LogP) is 6.08. The first kappa shape index (κ1) is 21.7. The molecule has 1 amide bonds. The third-order valence-electron chi connectivity index (χ3n) is 4.47. The van der Waals surface area contributed by atoms with E-state index in [0.717, 1.165) is 4.42 Å². The number of carbonyl (C=O) groups is 1. The highest BCUT2D eigenvalue weighted by atomic mass is 35.5. The van der Waals surface area contributed by atoms with Crippen LogP contribution in [0.2, 0.25) is 10.0 Å². The lowest BCUT2D eigenvalue weighted by Gasteiger charge is -2.29. The highest BCUT2D eigenvalue weighted by Gasteiger charge is 2.62. The molecule has 0 aromatic heterocycles. The molecule has 0 N–H and O–H groups in total. The fraction of sp³-hybridized carbons (Fsp3) is 0.263. The van der Waals surface area contributed by atoms with Crippen LogP contribution in [-0.2, 0) is 21.8 Å². The Hall–Kier alpha value is -1.96. The van der Waals surface area contributed by atoms with Gasteiger partial charge in [0.2, 0.25) is 5.91 Å². The van der Waals surface area contributed by atoms with Crippen molar-refractivity contribution in [1.29, 1.82) is 0 Å². The number of oxime groups is 1. The number of hydrogen-bond donors (Lipinski definition) is 0. The van der Waals surface area contributed by atoms with Gasteiger partial charge in [0, 0.05) is 40.7 Å². The summed E-state index contributed by atoms with van der Waals surface area (Å²) in [4.78, 5) is 16.2. The second kappa shape index (κ2) is 8.05. The molecular weight excluding hydrogens is 452 g/mol.